The van der Waals surface area contributed by atoms with Crippen molar-refractivity contribution in [3.63, 3.8) is 0 Å². The number of ether oxygens (including phenoxy) is 4. The van der Waals surface area contributed by atoms with E-state index in [0.29, 0.717) is 37.5 Å². The SMILES string of the molecule is CCCCCCCCCCCCCCCCCCCC(=O)O[C@H](COC(=O)CCCCCCCCCC(C)C)COP(=O)(O)OC[C@@H](O)COP(=O)(O)OC[C@@H](COC(=O)CCCCCCCCC(C)CC)OC(=O)CCCCCCCCCC(C)C. The van der Waals surface area contributed by atoms with Gasteiger partial charge in [0.05, 0.1) is 26.4 Å². The molecule has 0 saturated heterocycles. The molecule has 0 aliphatic rings. The van der Waals surface area contributed by atoms with Crippen LogP contribution in [-0.2, 0) is 65.4 Å². The highest BCUT2D eigenvalue weighted by Crippen LogP contribution is 2.45. The topological polar surface area (TPSA) is 237 Å². The minimum Gasteiger partial charge on any atom is -0.462 e. The first kappa shape index (κ1) is 85.1. The number of phosphoric acid groups is 2. The van der Waals surface area contributed by atoms with E-state index >= 15 is 0 Å². The molecule has 0 aromatic carbocycles. The smallest absolute Gasteiger partial charge is 0.462 e. The summed E-state index contributed by atoms with van der Waals surface area (Å²) in [6.45, 7) is 11.7. The van der Waals surface area contributed by atoms with Crippen LogP contribution in [0.3, 0.4) is 0 Å². The molecule has 17 nitrogen and oxygen atoms in total. The summed E-state index contributed by atoms with van der Waals surface area (Å²) in [4.78, 5) is 72.4. The van der Waals surface area contributed by atoms with E-state index in [4.69, 9.17) is 37.0 Å². The lowest BCUT2D eigenvalue weighted by Gasteiger charge is -2.21. The van der Waals surface area contributed by atoms with Crippen LogP contribution in [0, 0.1) is 17.8 Å². The van der Waals surface area contributed by atoms with E-state index in [1.165, 1.54) is 135 Å². The summed E-state index contributed by atoms with van der Waals surface area (Å²) in [5, 5.41) is 10.6. The molecule has 0 saturated carbocycles. The Morgan fingerprint density at radius 1 is 0.333 bits per heavy atom. The first-order chi connectivity index (χ1) is 41.8. The number of rotatable bonds is 66. The fraction of sp³-hybridized carbons (Fsp3) is 0.941. The van der Waals surface area contributed by atoms with Gasteiger partial charge < -0.3 is 33.8 Å². The van der Waals surface area contributed by atoms with Gasteiger partial charge in [-0.05, 0) is 43.4 Å². The summed E-state index contributed by atoms with van der Waals surface area (Å²) in [7, 11) is -9.90. The third-order valence-electron chi connectivity index (χ3n) is 16.0. The Kier molecular flexibility index (Phi) is 57.8. The van der Waals surface area contributed by atoms with Crippen LogP contribution in [0.4, 0.5) is 0 Å². The lowest BCUT2D eigenvalue weighted by molar-refractivity contribution is -0.161. The van der Waals surface area contributed by atoms with Crippen LogP contribution in [-0.4, -0.2) is 96.7 Å². The molecule has 0 aliphatic carbocycles. The van der Waals surface area contributed by atoms with Crippen molar-refractivity contribution < 1.29 is 80.2 Å². The van der Waals surface area contributed by atoms with Crippen molar-refractivity contribution in [3.05, 3.63) is 0 Å². The van der Waals surface area contributed by atoms with Gasteiger partial charge in [0, 0.05) is 25.7 Å². The molecule has 0 rings (SSSR count). The summed E-state index contributed by atoms with van der Waals surface area (Å²) in [6.07, 6.45) is 41.9. The van der Waals surface area contributed by atoms with Crippen molar-refractivity contribution in [2.75, 3.05) is 39.6 Å². The van der Waals surface area contributed by atoms with Crippen molar-refractivity contribution in [1.29, 1.82) is 0 Å². The van der Waals surface area contributed by atoms with Gasteiger partial charge in [-0.2, -0.15) is 0 Å². The zero-order chi connectivity index (χ0) is 64.5. The standard InChI is InChI=1S/C68H132O17P2/c1-8-10-11-12-13-14-15-16-17-18-19-20-21-22-27-37-44-51-67(72)84-63(55-78-65(70)49-42-35-28-23-25-32-39-46-59(3)4)57-82-86(74,75)80-53-62(69)54-81-87(76,77)83-58-64(85-68(73)52-45-38-29-24-26-33-40-47-60(5)6)56-79-66(71)50-43-36-31-30-34-41-48-61(7)9-2/h59-64,69H,8-58H2,1-7H3,(H,74,75)(H,76,77)/t61?,62-,63-,64-/m1/s1. The van der Waals surface area contributed by atoms with E-state index in [-0.39, 0.29) is 25.7 Å². The second-order valence-corrected chi connectivity index (χ2v) is 28.7. The average molecular weight is 1280 g/mol. The normalized spacial score (nSPS) is 14.6. The number of phosphoric ester groups is 2. The predicted molar refractivity (Wildman–Crippen MR) is 349 cm³/mol. The highest BCUT2D eigenvalue weighted by atomic mass is 31.2. The van der Waals surface area contributed by atoms with Gasteiger partial charge in [-0.25, -0.2) is 9.13 Å². The third-order valence-corrected chi connectivity index (χ3v) is 17.9. The highest BCUT2D eigenvalue weighted by molar-refractivity contribution is 7.47. The van der Waals surface area contributed by atoms with Crippen LogP contribution >= 0.6 is 15.6 Å². The third kappa shape index (κ3) is 61.3. The number of aliphatic hydroxyl groups is 1. The van der Waals surface area contributed by atoms with E-state index in [2.05, 4.69) is 48.5 Å². The average Bonchev–Trinajstić information content (AvgIpc) is 3.69. The summed E-state index contributed by atoms with van der Waals surface area (Å²) < 4.78 is 68.1. The van der Waals surface area contributed by atoms with Crippen LogP contribution in [0.2, 0.25) is 0 Å². The van der Waals surface area contributed by atoms with Gasteiger partial charge in [-0.15, -0.1) is 0 Å². The molecule has 0 bridgehead atoms. The Hall–Kier alpha value is -1.94. The van der Waals surface area contributed by atoms with Crippen LogP contribution in [0.15, 0.2) is 0 Å². The molecule has 0 aromatic heterocycles. The molecular formula is C68H132O17P2. The van der Waals surface area contributed by atoms with Crippen molar-refractivity contribution in [3.8, 4) is 0 Å². The van der Waals surface area contributed by atoms with Gasteiger partial charge in [-0.3, -0.25) is 37.3 Å². The van der Waals surface area contributed by atoms with Crippen LogP contribution in [0.5, 0.6) is 0 Å². The lowest BCUT2D eigenvalue weighted by atomic mass is 10.00. The van der Waals surface area contributed by atoms with Crippen LogP contribution in [0.25, 0.3) is 0 Å². The first-order valence-corrected chi connectivity index (χ1v) is 38.4. The number of hydrogen-bond donors (Lipinski definition) is 3. The second kappa shape index (κ2) is 59.1. The van der Waals surface area contributed by atoms with Gasteiger partial charge in [0.15, 0.2) is 12.2 Å². The molecule has 19 heteroatoms. The number of aliphatic hydroxyl groups excluding tert-OH is 1. The number of unbranched alkanes of at least 4 members (excludes halogenated alkanes) is 33. The van der Waals surface area contributed by atoms with E-state index < -0.39 is 97.5 Å². The largest absolute Gasteiger partial charge is 0.472 e. The summed E-state index contributed by atoms with van der Waals surface area (Å²) in [6, 6.07) is 0. The summed E-state index contributed by atoms with van der Waals surface area (Å²) in [5.74, 6) is -0.00204. The number of carbonyl (C=O) groups excluding carboxylic acids is 4. The molecule has 0 aromatic rings. The molecule has 0 spiro atoms. The van der Waals surface area contributed by atoms with Crippen molar-refractivity contribution in [2.45, 2.75) is 356 Å². The molecule has 0 heterocycles. The predicted octanol–water partition coefficient (Wildman–Crippen LogP) is 19.1. The molecule has 0 fully saturated rings. The molecule has 3 N–H and O–H groups in total. The quantitative estimate of drug-likeness (QED) is 0.0222. The van der Waals surface area contributed by atoms with Gasteiger partial charge in [0.2, 0.25) is 0 Å². The second-order valence-electron chi connectivity index (χ2n) is 25.8. The molecule has 0 amide bonds. The molecule has 3 unspecified atom stereocenters. The number of carbonyl (C=O) groups is 4. The fourth-order valence-electron chi connectivity index (χ4n) is 10.2. The highest BCUT2D eigenvalue weighted by Gasteiger charge is 2.30. The maximum atomic E-state index is 13.0. The summed E-state index contributed by atoms with van der Waals surface area (Å²) in [5.41, 5.74) is 0. The maximum absolute atomic E-state index is 13.0. The zero-order valence-electron chi connectivity index (χ0n) is 56.5. The van der Waals surface area contributed by atoms with Gasteiger partial charge in [0.1, 0.15) is 19.3 Å². The van der Waals surface area contributed by atoms with Gasteiger partial charge in [-0.1, -0.05) is 286 Å². The monoisotopic (exact) mass is 1280 g/mol. The molecular weight excluding hydrogens is 1150 g/mol. The lowest BCUT2D eigenvalue weighted by Crippen LogP contribution is -2.30. The molecule has 87 heavy (non-hydrogen) atoms. The molecule has 6 atom stereocenters. The Labute approximate surface area is 530 Å². The minimum atomic E-state index is -4.95. The molecule has 0 aliphatic heterocycles. The Bertz CT molecular complexity index is 1720. The van der Waals surface area contributed by atoms with Gasteiger partial charge in [0.25, 0.3) is 0 Å². The van der Waals surface area contributed by atoms with Crippen LogP contribution in [0.1, 0.15) is 337 Å². The summed E-state index contributed by atoms with van der Waals surface area (Å²) >= 11 is 0. The Morgan fingerprint density at radius 3 is 0.874 bits per heavy atom. The Morgan fingerprint density at radius 2 is 0.586 bits per heavy atom. The van der Waals surface area contributed by atoms with E-state index in [0.717, 1.165) is 109 Å². The van der Waals surface area contributed by atoms with Gasteiger partial charge >= 0.3 is 39.5 Å². The fourth-order valence-corrected chi connectivity index (χ4v) is 11.7. The van der Waals surface area contributed by atoms with E-state index in [1.54, 1.807) is 0 Å². The maximum Gasteiger partial charge on any atom is 0.472 e. The zero-order valence-corrected chi connectivity index (χ0v) is 58.3. The Balaban J connectivity index is 5.22. The first-order valence-electron chi connectivity index (χ1n) is 35.4. The minimum absolute atomic E-state index is 0.102. The van der Waals surface area contributed by atoms with Crippen molar-refractivity contribution in [1.82, 2.24) is 0 Å². The van der Waals surface area contributed by atoms with E-state index in [9.17, 15) is 43.2 Å². The number of hydrogen-bond acceptors (Lipinski definition) is 15. The van der Waals surface area contributed by atoms with Crippen molar-refractivity contribution >= 4 is 39.5 Å². The molecule has 0 radical (unpaired) electrons. The van der Waals surface area contributed by atoms with Crippen molar-refractivity contribution in [2.24, 2.45) is 17.8 Å². The van der Waals surface area contributed by atoms with E-state index in [1.807, 2.05) is 0 Å². The molecule has 516 valence electrons. The number of esters is 4. The van der Waals surface area contributed by atoms with Crippen LogP contribution < -0.4 is 0 Å².